The van der Waals surface area contributed by atoms with Crippen molar-refractivity contribution in [3.8, 4) is 5.75 Å². The Bertz CT molecular complexity index is 555. The molecule has 3 nitrogen and oxygen atoms in total. The highest BCUT2D eigenvalue weighted by molar-refractivity contribution is 5.38. The Kier molecular flexibility index (Phi) is 4.67. The topological polar surface area (TPSA) is 34.2 Å². The molecule has 0 fully saturated rings. The lowest BCUT2D eigenvalue weighted by Crippen LogP contribution is -2.19. The number of alkyl halides is 3. The number of nitrogens with one attached hydrogen (secondary N) is 1. The minimum absolute atomic E-state index is 0.0171. The fourth-order valence-corrected chi connectivity index (χ4v) is 1.77. The van der Waals surface area contributed by atoms with E-state index in [1.54, 1.807) is 18.3 Å². The number of pyridine rings is 1. The third-order valence-electron chi connectivity index (χ3n) is 2.81. The number of aromatic nitrogens is 1. The number of ether oxygens (including phenoxy) is 1. The van der Waals surface area contributed by atoms with Gasteiger partial charge in [-0.2, -0.15) is 13.2 Å². The van der Waals surface area contributed by atoms with Crippen molar-refractivity contribution < 1.29 is 17.9 Å². The average molecular weight is 296 g/mol. The van der Waals surface area contributed by atoms with Crippen LogP contribution in [0.1, 0.15) is 18.5 Å². The lowest BCUT2D eigenvalue weighted by molar-refractivity contribution is -0.153. The first-order valence-corrected chi connectivity index (χ1v) is 6.41. The molecule has 2 rings (SSSR count). The number of benzene rings is 1. The predicted octanol–water partition coefficient (Wildman–Crippen LogP) is 4.20. The third kappa shape index (κ3) is 4.98. The summed E-state index contributed by atoms with van der Waals surface area (Å²) in [5.41, 5.74) is 0.931. The fraction of sp³-hybridized carbons (Fsp3) is 0.267. The quantitative estimate of drug-likeness (QED) is 0.898. The molecular formula is C15H15F3N2O. The van der Waals surface area contributed by atoms with Gasteiger partial charge in [-0.05, 0) is 36.8 Å². The normalized spacial score (nSPS) is 12.8. The first-order chi connectivity index (χ1) is 9.94. The number of rotatable bonds is 5. The van der Waals surface area contributed by atoms with Gasteiger partial charge in [-0.25, -0.2) is 4.98 Å². The van der Waals surface area contributed by atoms with E-state index in [2.05, 4.69) is 15.0 Å². The smallest absolute Gasteiger partial charge is 0.422 e. The summed E-state index contributed by atoms with van der Waals surface area (Å²) < 4.78 is 40.8. The van der Waals surface area contributed by atoms with E-state index in [1.165, 1.54) is 12.1 Å². The zero-order valence-corrected chi connectivity index (χ0v) is 11.4. The van der Waals surface area contributed by atoms with E-state index < -0.39 is 12.8 Å². The van der Waals surface area contributed by atoms with Crippen LogP contribution in [0.25, 0.3) is 0 Å². The molecule has 0 aliphatic rings. The van der Waals surface area contributed by atoms with Crippen molar-refractivity contribution in [1.29, 1.82) is 0 Å². The summed E-state index contributed by atoms with van der Waals surface area (Å²) in [6.07, 6.45) is -2.64. The molecule has 0 aliphatic carbocycles. The van der Waals surface area contributed by atoms with E-state index in [-0.39, 0.29) is 11.8 Å². The van der Waals surface area contributed by atoms with E-state index >= 15 is 0 Å². The number of hydrogen-bond donors (Lipinski definition) is 1. The Morgan fingerprint density at radius 3 is 2.43 bits per heavy atom. The molecule has 1 unspecified atom stereocenters. The molecule has 0 radical (unpaired) electrons. The van der Waals surface area contributed by atoms with Crippen LogP contribution in [0.3, 0.4) is 0 Å². The van der Waals surface area contributed by atoms with Gasteiger partial charge in [-0.15, -0.1) is 0 Å². The molecule has 1 heterocycles. The van der Waals surface area contributed by atoms with Crippen LogP contribution in [0.5, 0.6) is 5.75 Å². The van der Waals surface area contributed by atoms with Gasteiger partial charge in [-0.1, -0.05) is 18.2 Å². The fourth-order valence-electron chi connectivity index (χ4n) is 1.77. The Morgan fingerprint density at radius 1 is 1.14 bits per heavy atom. The lowest BCUT2D eigenvalue weighted by atomic mass is 10.1. The molecule has 21 heavy (non-hydrogen) atoms. The van der Waals surface area contributed by atoms with Gasteiger partial charge in [0.25, 0.3) is 0 Å². The van der Waals surface area contributed by atoms with Crippen LogP contribution in [-0.4, -0.2) is 17.8 Å². The van der Waals surface area contributed by atoms with Gasteiger partial charge in [-0.3, -0.25) is 0 Å². The monoisotopic (exact) mass is 296 g/mol. The minimum Gasteiger partial charge on any atom is -0.484 e. The van der Waals surface area contributed by atoms with Gasteiger partial charge >= 0.3 is 6.18 Å². The molecule has 1 atom stereocenters. The molecule has 112 valence electrons. The highest BCUT2D eigenvalue weighted by Gasteiger charge is 2.28. The van der Waals surface area contributed by atoms with E-state index in [1.807, 2.05) is 25.1 Å². The van der Waals surface area contributed by atoms with Crippen molar-refractivity contribution in [2.75, 3.05) is 11.9 Å². The molecule has 1 aromatic heterocycles. The molecule has 0 amide bonds. The van der Waals surface area contributed by atoms with Crippen molar-refractivity contribution >= 4 is 5.82 Å². The summed E-state index contributed by atoms with van der Waals surface area (Å²) >= 11 is 0. The van der Waals surface area contributed by atoms with E-state index in [9.17, 15) is 13.2 Å². The summed E-state index contributed by atoms with van der Waals surface area (Å²) in [6, 6.07) is 12.0. The molecule has 6 heteroatoms. The minimum atomic E-state index is -4.33. The van der Waals surface area contributed by atoms with Gasteiger partial charge in [0, 0.05) is 12.2 Å². The summed E-state index contributed by atoms with van der Waals surface area (Å²) in [7, 11) is 0. The molecular weight excluding hydrogens is 281 g/mol. The van der Waals surface area contributed by atoms with Gasteiger partial charge in [0.2, 0.25) is 0 Å². The standard InChI is InChI=1S/C15H15F3N2O/c1-11(20-14-4-2-3-9-19-14)12-5-7-13(8-6-12)21-10-15(16,17)18/h2-9,11H,10H2,1H3,(H,19,20). The zero-order valence-electron chi connectivity index (χ0n) is 11.4. The summed E-state index contributed by atoms with van der Waals surface area (Å²) in [6.45, 7) is 0.661. The van der Waals surface area contributed by atoms with Gasteiger partial charge in [0.05, 0.1) is 0 Å². The SMILES string of the molecule is CC(Nc1ccccn1)c1ccc(OCC(F)(F)F)cc1. The highest BCUT2D eigenvalue weighted by atomic mass is 19.4. The Balaban J connectivity index is 1.95. The second-order valence-electron chi connectivity index (χ2n) is 4.55. The molecule has 0 saturated carbocycles. The molecule has 0 bridgehead atoms. The highest BCUT2D eigenvalue weighted by Crippen LogP contribution is 2.22. The first-order valence-electron chi connectivity index (χ1n) is 6.41. The second-order valence-corrected chi connectivity index (χ2v) is 4.55. The number of nitrogens with zero attached hydrogens (tertiary/aromatic N) is 1. The second kappa shape index (κ2) is 6.47. The third-order valence-corrected chi connectivity index (χ3v) is 2.81. The number of anilines is 1. The molecule has 0 aliphatic heterocycles. The van der Waals surface area contributed by atoms with Crippen molar-refractivity contribution in [1.82, 2.24) is 4.98 Å². The first kappa shape index (κ1) is 15.2. The van der Waals surface area contributed by atoms with Gasteiger partial charge in [0.15, 0.2) is 6.61 Å². The van der Waals surface area contributed by atoms with Gasteiger partial charge < -0.3 is 10.1 Å². The van der Waals surface area contributed by atoms with Crippen molar-refractivity contribution in [2.45, 2.75) is 19.1 Å². The van der Waals surface area contributed by atoms with Crippen LogP contribution in [-0.2, 0) is 0 Å². The summed E-state index contributed by atoms with van der Waals surface area (Å²) in [5.74, 6) is 0.934. The van der Waals surface area contributed by atoms with E-state index in [4.69, 9.17) is 0 Å². The van der Waals surface area contributed by atoms with Gasteiger partial charge in [0.1, 0.15) is 11.6 Å². The maximum absolute atomic E-state index is 12.0. The number of hydrogen-bond acceptors (Lipinski definition) is 3. The van der Waals surface area contributed by atoms with E-state index in [0.29, 0.717) is 0 Å². The maximum atomic E-state index is 12.0. The van der Waals surface area contributed by atoms with Crippen molar-refractivity contribution in [2.24, 2.45) is 0 Å². The molecule has 1 aromatic carbocycles. The van der Waals surface area contributed by atoms with Crippen molar-refractivity contribution in [3.05, 3.63) is 54.2 Å². The molecule has 0 spiro atoms. The maximum Gasteiger partial charge on any atom is 0.422 e. The predicted molar refractivity (Wildman–Crippen MR) is 74.3 cm³/mol. The molecule has 1 N–H and O–H groups in total. The largest absolute Gasteiger partial charge is 0.484 e. The zero-order chi connectivity index (χ0) is 15.3. The lowest BCUT2D eigenvalue weighted by Gasteiger charge is -2.15. The summed E-state index contributed by atoms with van der Waals surface area (Å²) in [5, 5.41) is 3.20. The van der Waals surface area contributed by atoms with Crippen molar-refractivity contribution in [3.63, 3.8) is 0 Å². The Hall–Kier alpha value is -2.24. The number of halogens is 3. The Morgan fingerprint density at radius 2 is 1.86 bits per heavy atom. The van der Waals surface area contributed by atoms with Crippen LogP contribution >= 0.6 is 0 Å². The van der Waals surface area contributed by atoms with Crippen LogP contribution in [0.15, 0.2) is 48.7 Å². The average Bonchev–Trinajstić information content (AvgIpc) is 2.46. The van der Waals surface area contributed by atoms with Crippen LogP contribution in [0.4, 0.5) is 19.0 Å². The van der Waals surface area contributed by atoms with Crippen LogP contribution in [0, 0.1) is 0 Å². The van der Waals surface area contributed by atoms with Crippen LogP contribution in [0.2, 0.25) is 0 Å². The molecule has 2 aromatic rings. The van der Waals surface area contributed by atoms with Crippen LogP contribution < -0.4 is 10.1 Å². The van der Waals surface area contributed by atoms with E-state index in [0.717, 1.165) is 11.4 Å². The Labute approximate surface area is 120 Å². The molecule has 0 saturated heterocycles. The summed E-state index contributed by atoms with van der Waals surface area (Å²) in [4.78, 5) is 4.16.